The number of hydrogen-bond acceptors (Lipinski definition) is 2. The van der Waals surface area contributed by atoms with Crippen molar-refractivity contribution >= 4 is 21.4 Å². The molecule has 0 unspecified atom stereocenters. The zero-order valence-corrected chi connectivity index (χ0v) is 9.78. The molecular formula is C12H12FNS. The van der Waals surface area contributed by atoms with Crippen LogP contribution >= 0.6 is 11.3 Å². The molecule has 0 aliphatic rings. The Kier molecular flexibility index (Phi) is 3.81. The van der Waals surface area contributed by atoms with Gasteiger partial charge in [0.2, 0.25) is 0 Å². The molecule has 0 bridgehead atoms. The normalized spacial score (nSPS) is 9.27. The van der Waals surface area contributed by atoms with Crippen molar-refractivity contribution in [2.75, 3.05) is 0 Å². The predicted octanol–water partition coefficient (Wildman–Crippen LogP) is 4.25. The maximum absolute atomic E-state index is 13.2. The van der Waals surface area contributed by atoms with Crippen LogP contribution in [0.3, 0.4) is 0 Å². The lowest BCUT2D eigenvalue weighted by atomic mass is 10.1. The van der Waals surface area contributed by atoms with E-state index < -0.39 is 0 Å². The molecule has 1 aromatic heterocycles. The summed E-state index contributed by atoms with van der Waals surface area (Å²) >= 11 is 1.21. The summed E-state index contributed by atoms with van der Waals surface area (Å²) in [5.74, 6) is -0.243. The molecule has 0 spiro atoms. The van der Waals surface area contributed by atoms with Gasteiger partial charge in [-0.15, -0.1) is 11.3 Å². The van der Waals surface area contributed by atoms with E-state index in [0.29, 0.717) is 9.58 Å². The molecule has 1 nitrogen and oxygen atoms in total. The minimum atomic E-state index is -0.243. The SMILES string of the molecule is CC.Cc1c(C#N)sc2c(F)cccc12. The zero-order valence-electron chi connectivity index (χ0n) is 8.97. The fourth-order valence-corrected chi connectivity index (χ4v) is 2.32. The van der Waals surface area contributed by atoms with Crippen LogP contribution in [0.4, 0.5) is 4.39 Å². The van der Waals surface area contributed by atoms with Crippen LogP contribution in [0.1, 0.15) is 24.3 Å². The van der Waals surface area contributed by atoms with Gasteiger partial charge in [0.05, 0.1) is 4.70 Å². The maximum atomic E-state index is 13.2. The summed E-state index contributed by atoms with van der Waals surface area (Å²) in [6.07, 6.45) is 0. The van der Waals surface area contributed by atoms with Crippen molar-refractivity contribution in [2.24, 2.45) is 0 Å². The largest absolute Gasteiger partial charge is 0.205 e. The number of fused-ring (bicyclic) bond motifs is 1. The van der Waals surface area contributed by atoms with Gasteiger partial charge < -0.3 is 0 Å². The first-order chi connectivity index (χ1) is 7.24. The highest BCUT2D eigenvalue weighted by atomic mass is 32.1. The second-order valence-corrected chi connectivity index (χ2v) is 3.81. The van der Waals surface area contributed by atoms with Gasteiger partial charge in [0, 0.05) is 0 Å². The van der Waals surface area contributed by atoms with Crippen LogP contribution in [0.25, 0.3) is 10.1 Å². The highest BCUT2D eigenvalue weighted by Crippen LogP contribution is 2.31. The monoisotopic (exact) mass is 221 g/mol. The number of benzene rings is 1. The molecule has 0 aliphatic carbocycles. The van der Waals surface area contributed by atoms with E-state index in [-0.39, 0.29) is 5.82 Å². The molecule has 1 aromatic carbocycles. The summed E-state index contributed by atoms with van der Waals surface area (Å²) < 4.78 is 13.8. The van der Waals surface area contributed by atoms with Crippen LogP contribution in [0.15, 0.2) is 18.2 Å². The Labute approximate surface area is 92.8 Å². The molecule has 0 saturated heterocycles. The second-order valence-electron chi connectivity index (χ2n) is 2.78. The van der Waals surface area contributed by atoms with E-state index in [4.69, 9.17) is 5.26 Å². The van der Waals surface area contributed by atoms with Crippen LogP contribution in [-0.4, -0.2) is 0 Å². The Morgan fingerprint density at radius 3 is 2.53 bits per heavy atom. The average Bonchev–Trinajstić information content (AvgIpc) is 2.61. The van der Waals surface area contributed by atoms with Gasteiger partial charge >= 0.3 is 0 Å². The van der Waals surface area contributed by atoms with E-state index in [1.165, 1.54) is 17.4 Å². The molecule has 0 saturated carbocycles. The first kappa shape index (κ1) is 11.7. The fraction of sp³-hybridized carbons (Fsp3) is 0.250. The van der Waals surface area contributed by atoms with Gasteiger partial charge in [-0.2, -0.15) is 5.26 Å². The molecule has 0 radical (unpaired) electrons. The highest BCUT2D eigenvalue weighted by molar-refractivity contribution is 7.19. The number of thiophene rings is 1. The minimum absolute atomic E-state index is 0.243. The summed E-state index contributed by atoms with van der Waals surface area (Å²) in [7, 11) is 0. The van der Waals surface area contributed by atoms with Crippen molar-refractivity contribution in [3.63, 3.8) is 0 Å². The number of halogens is 1. The van der Waals surface area contributed by atoms with Gasteiger partial charge in [-0.05, 0) is 23.9 Å². The van der Waals surface area contributed by atoms with Crippen LogP contribution in [-0.2, 0) is 0 Å². The van der Waals surface area contributed by atoms with Gasteiger partial charge in [0.1, 0.15) is 16.8 Å². The van der Waals surface area contributed by atoms with Crippen molar-refractivity contribution in [2.45, 2.75) is 20.8 Å². The Balaban J connectivity index is 0.000000531. The Morgan fingerprint density at radius 1 is 1.33 bits per heavy atom. The van der Waals surface area contributed by atoms with Gasteiger partial charge in [-0.1, -0.05) is 26.0 Å². The van der Waals surface area contributed by atoms with Gasteiger partial charge in [-0.25, -0.2) is 4.39 Å². The number of nitriles is 1. The van der Waals surface area contributed by atoms with Gasteiger partial charge in [0.25, 0.3) is 0 Å². The summed E-state index contributed by atoms with van der Waals surface area (Å²) in [5, 5.41) is 9.60. The van der Waals surface area contributed by atoms with E-state index in [9.17, 15) is 4.39 Å². The van der Waals surface area contributed by atoms with Crippen LogP contribution < -0.4 is 0 Å². The molecule has 3 heteroatoms. The van der Waals surface area contributed by atoms with Crippen LogP contribution in [0.2, 0.25) is 0 Å². The lowest BCUT2D eigenvalue weighted by molar-refractivity contribution is 0.641. The van der Waals surface area contributed by atoms with E-state index in [1.807, 2.05) is 26.8 Å². The molecule has 0 N–H and O–H groups in total. The Hall–Kier alpha value is -1.40. The number of aryl methyl sites for hydroxylation is 1. The average molecular weight is 221 g/mol. The number of hydrogen-bond donors (Lipinski definition) is 0. The molecule has 15 heavy (non-hydrogen) atoms. The van der Waals surface area contributed by atoms with Crippen molar-refractivity contribution in [1.82, 2.24) is 0 Å². The van der Waals surface area contributed by atoms with Crippen molar-refractivity contribution < 1.29 is 4.39 Å². The summed E-state index contributed by atoms with van der Waals surface area (Å²) in [6, 6.07) is 6.98. The van der Waals surface area contributed by atoms with E-state index in [2.05, 4.69) is 6.07 Å². The summed E-state index contributed by atoms with van der Waals surface area (Å²) in [5.41, 5.74) is 0.877. The molecule has 1 heterocycles. The minimum Gasteiger partial charge on any atom is -0.205 e. The third-order valence-corrected chi connectivity index (χ3v) is 3.24. The first-order valence-corrected chi connectivity index (χ1v) is 5.63. The highest BCUT2D eigenvalue weighted by Gasteiger charge is 2.10. The molecular weight excluding hydrogens is 209 g/mol. The topological polar surface area (TPSA) is 23.8 Å². The first-order valence-electron chi connectivity index (χ1n) is 4.81. The molecule has 78 valence electrons. The standard InChI is InChI=1S/C10H6FNS.C2H6/c1-6-7-3-2-4-8(11)10(7)13-9(6)5-12;1-2/h2-4H,1H3;1-2H3. The van der Waals surface area contributed by atoms with Crippen LogP contribution in [0, 0.1) is 24.1 Å². The zero-order chi connectivity index (χ0) is 11.4. The molecule has 0 fully saturated rings. The lowest BCUT2D eigenvalue weighted by Gasteiger charge is -1.90. The van der Waals surface area contributed by atoms with Gasteiger partial charge in [-0.3, -0.25) is 0 Å². The van der Waals surface area contributed by atoms with Crippen molar-refractivity contribution in [3.8, 4) is 6.07 Å². The third-order valence-electron chi connectivity index (χ3n) is 2.02. The number of nitrogens with zero attached hydrogens (tertiary/aromatic N) is 1. The fourth-order valence-electron chi connectivity index (χ4n) is 1.32. The Bertz CT molecular complexity index is 508. The lowest BCUT2D eigenvalue weighted by Crippen LogP contribution is -1.73. The van der Waals surface area contributed by atoms with Crippen molar-refractivity contribution in [1.29, 1.82) is 5.26 Å². The third kappa shape index (κ3) is 2.00. The molecule has 0 amide bonds. The Morgan fingerprint density at radius 2 is 2.00 bits per heavy atom. The smallest absolute Gasteiger partial charge is 0.141 e. The second kappa shape index (κ2) is 4.90. The van der Waals surface area contributed by atoms with Gasteiger partial charge in [0.15, 0.2) is 0 Å². The van der Waals surface area contributed by atoms with Crippen LogP contribution in [0.5, 0.6) is 0 Å². The van der Waals surface area contributed by atoms with Crippen molar-refractivity contribution in [3.05, 3.63) is 34.5 Å². The maximum Gasteiger partial charge on any atom is 0.141 e. The van der Waals surface area contributed by atoms with E-state index in [1.54, 1.807) is 6.07 Å². The summed E-state index contributed by atoms with van der Waals surface area (Å²) in [6.45, 7) is 5.84. The molecule has 2 rings (SSSR count). The predicted molar refractivity (Wildman–Crippen MR) is 62.6 cm³/mol. The quantitative estimate of drug-likeness (QED) is 0.652. The molecule has 2 aromatic rings. The molecule has 0 aliphatic heterocycles. The van der Waals surface area contributed by atoms with E-state index in [0.717, 1.165) is 10.9 Å². The number of rotatable bonds is 0. The van der Waals surface area contributed by atoms with E-state index >= 15 is 0 Å². The molecule has 0 atom stereocenters. The summed E-state index contributed by atoms with van der Waals surface area (Å²) in [4.78, 5) is 0.597.